The summed E-state index contributed by atoms with van der Waals surface area (Å²) in [5.74, 6) is -0.863. The minimum absolute atomic E-state index is 0.0705. The normalized spacial score (nSPS) is 12.3. The Labute approximate surface area is 505 Å². The van der Waals surface area contributed by atoms with Gasteiger partial charge in [0.25, 0.3) is 0 Å². The van der Waals surface area contributed by atoms with Crippen molar-refractivity contribution >= 4 is 17.9 Å². The van der Waals surface area contributed by atoms with Crippen molar-refractivity contribution in [3.05, 3.63) is 48.6 Å². The summed E-state index contributed by atoms with van der Waals surface area (Å²) < 4.78 is 16.9. The molecule has 0 aromatic carbocycles. The molecule has 0 aromatic rings. The van der Waals surface area contributed by atoms with E-state index in [1.165, 1.54) is 270 Å². The van der Waals surface area contributed by atoms with Gasteiger partial charge in [-0.15, -0.1) is 0 Å². The molecule has 1 atom stereocenters. The molecule has 0 saturated heterocycles. The van der Waals surface area contributed by atoms with Crippen LogP contribution in [0.4, 0.5) is 0 Å². The third-order valence-electron chi connectivity index (χ3n) is 16.3. The fourth-order valence-corrected chi connectivity index (χ4v) is 11.0. The molecule has 6 nitrogen and oxygen atoms in total. The highest BCUT2D eigenvalue weighted by Gasteiger charge is 2.19. The quantitative estimate of drug-likeness (QED) is 0.0261. The van der Waals surface area contributed by atoms with Gasteiger partial charge < -0.3 is 14.2 Å². The lowest BCUT2D eigenvalue weighted by Gasteiger charge is -2.18. The summed E-state index contributed by atoms with van der Waals surface area (Å²) in [5, 5.41) is 0. The number of unbranched alkanes of at least 4 members (excludes halogenated alkanes) is 48. The molecule has 0 N–H and O–H groups in total. The summed E-state index contributed by atoms with van der Waals surface area (Å²) in [6.07, 6.45) is 89.2. The second kappa shape index (κ2) is 69.9. The van der Waals surface area contributed by atoms with Crippen LogP contribution < -0.4 is 0 Å². The number of hydrogen-bond acceptors (Lipinski definition) is 6. The smallest absolute Gasteiger partial charge is 0.306 e. The molecule has 0 aliphatic rings. The summed E-state index contributed by atoms with van der Waals surface area (Å²) >= 11 is 0. The van der Waals surface area contributed by atoms with Gasteiger partial charge in [-0.1, -0.05) is 365 Å². The Morgan fingerprint density at radius 3 is 0.753 bits per heavy atom. The summed E-state index contributed by atoms with van der Waals surface area (Å²) in [6, 6.07) is 0. The molecule has 0 spiro atoms. The van der Waals surface area contributed by atoms with Crippen molar-refractivity contribution in [3.63, 3.8) is 0 Å². The van der Waals surface area contributed by atoms with Crippen molar-refractivity contribution in [1.29, 1.82) is 0 Å². The number of rotatable bonds is 67. The fourth-order valence-electron chi connectivity index (χ4n) is 11.0. The first-order valence-corrected chi connectivity index (χ1v) is 36.1. The standard InChI is InChI=1S/C75H138O6/c1-4-7-10-13-16-18-20-22-24-26-28-30-32-33-34-35-36-37-38-39-40-41-42-44-45-47-49-51-53-55-57-59-62-65-68-74(77)80-71-72(70-79-73(76)67-64-61-15-12-9-6-3)81-75(78)69-66-63-60-58-56-54-52-50-48-46-43-31-29-27-25-23-21-19-17-14-11-8-5-2/h8,11,17,19,23,25,29,31,72H,4-7,9-10,12-16,18,20-22,24,26-28,30,32-71H2,1-3H3/b11-8-,19-17-,25-23-,31-29-. The van der Waals surface area contributed by atoms with Crippen molar-refractivity contribution in [2.24, 2.45) is 0 Å². The molecule has 1 unspecified atom stereocenters. The Morgan fingerprint density at radius 2 is 0.481 bits per heavy atom. The number of carbonyl (C=O) groups is 3. The maximum atomic E-state index is 12.9. The van der Waals surface area contributed by atoms with Crippen LogP contribution in [0.15, 0.2) is 48.6 Å². The molecule has 6 heteroatoms. The molecule has 0 rings (SSSR count). The summed E-state index contributed by atoms with van der Waals surface area (Å²) in [7, 11) is 0. The van der Waals surface area contributed by atoms with Crippen molar-refractivity contribution in [2.75, 3.05) is 13.2 Å². The van der Waals surface area contributed by atoms with Gasteiger partial charge in [0.05, 0.1) is 0 Å². The van der Waals surface area contributed by atoms with Crippen molar-refractivity contribution in [3.8, 4) is 0 Å². The second-order valence-corrected chi connectivity index (χ2v) is 24.5. The Bertz CT molecular complexity index is 1400. The fraction of sp³-hybridized carbons (Fsp3) is 0.853. The molecule has 0 saturated carbocycles. The van der Waals surface area contributed by atoms with E-state index in [2.05, 4.69) is 69.4 Å². The SMILES string of the molecule is CC/C=C\C/C=C\C/C=C\C/C=C\CCCCCCCCCCCCC(=O)OC(COC(=O)CCCCCCCC)COC(=O)CCCCCCCCCCCCCCCCCCCCCCCCCCCCCCCCCCCC. The Morgan fingerprint density at radius 1 is 0.259 bits per heavy atom. The van der Waals surface area contributed by atoms with E-state index in [9.17, 15) is 14.4 Å². The Kier molecular flexibility index (Phi) is 67.6. The lowest BCUT2D eigenvalue weighted by atomic mass is 10.0. The van der Waals surface area contributed by atoms with E-state index in [0.29, 0.717) is 19.3 Å². The van der Waals surface area contributed by atoms with Crippen LogP contribution in [0, 0.1) is 0 Å². The predicted molar refractivity (Wildman–Crippen MR) is 353 cm³/mol. The van der Waals surface area contributed by atoms with Crippen LogP contribution in [0.2, 0.25) is 0 Å². The molecule has 0 fully saturated rings. The van der Waals surface area contributed by atoms with Crippen molar-refractivity contribution < 1.29 is 28.6 Å². The van der Waals surface area contributed by atoms with Crippen molar-refractivity contribution in [2.45, 2.75) is 399 Å². The predicted octanol–water partition coefficient (Wildman–Crippen LogP) is 24.9. The van der Waals surface area contributed by atoms with Crippen LogP contribution in [-0.2, 0) is 28.6 Å². The molecule has 0 heterocycles. The highest BCUT2D eigenvalue weighted by molar-refractivity contribution is 5.71. The third-order valence-corrected chi connectivity index (χ3v) is 16.3. The zero-order valence-electron chi connectivity index (χ0n) is 54.6. The highest BCUT2D eigenvalue weighted by atomic mass is 16.6. The average Bonchev–Trinajstić information content (AvgIpc) is 3.47. The first-order valence-electron chi connectivity index (χ1n) is 36.1. The highest BCUT2D eigenvalue weighted by Crippen LogP contribution is 2.19. The molecular formula is C75H138O6. The van der Waals surface area contributed by atoms with Gasteiger partial charge in [0.15, 0.2) is 6.10 Å². The van der Waals surface area contributed by atoms with E-state index < -0.39 is 6.10 Å². The number of carbonyl (C=O) groups excluding carboxylic acids is 3. The van der Waals surface area contributed by atoms with Gasteiger partial charge in [-0.3, -0.25) is 14.4 Å². The topological polar surface area (TPSA) is 78.9 Å². The Hall–Kier alpha value is -2.63. The van der Waals surface area contributed by atoms with Gasteiger partial charge in [0, 0.05) is 19.3 Å². The first kappa shape index (κ1) is 78.4. The van der Waals surface area contributed by atoms with Gasteiger partial charge in [-0.25, -0.2) is 0 Å². The van der Waals surface area contributed by atoms with E-state index in [-0.39, 0.29) is 31.1 Å². The maximum Gasteiger partial charge on any atom is 0.306 e. The van der Waals surface area contributed by atoms with Gasteiger partial charge >= 0.3 is 17.9 Å². The molecule has 0 bridgehead atoms. The van der Waals surface area contributed by atoms with E-state index in [4.69, 9.17) is 14.2 Å². The molecule has 0 radical (unpaired) electrons. The zero-order valence-corrected chi connectivity index (χ0v) is 54.6. The van der Waals surface area contributed by atoms with Crippen molar-refractivity contribution in [1.82, 2.24) is 0 Å². The zero-order chi connectivity index (χ0) is 58.5. The lowest BCUT2D eigenvalue weighted by Crippen LogP contribution is -2.30. The van der Waals surface area contributed by atoms with Crippen LogP contribution in [0.1, 0.15) is 393 Å². The maximum absolute atomic E-state index is 12.9. The minimum atomic E-state index is -0.771. The number of esters is 3. The van der Waals surface area contributed by atoms with Crippen LogP contribution in [0.3, 0.4) is 0 Å². The molecule has 474 valence electrons. The van der Waals surface area contributed by atoms with Crippen LogP contribution in [-0.4, -0.2) is 37.2 Å². The largest absolute Gasteiger partial charge is 0.462 e. The van der Waals surface area contributed by atoms with Crippen LogP contribution in [0.25, 0.3) is 0 Å². The second-order valence-electron chi connectivity index (χ2n) is 24.5. The monoisotopic (exact) mass is 1140 g/mol. The number of hydrogen-bond donors (Lipinski definition) is 0. The molecular weight excluding hydrogens is 997 g/mol. The molecule has 0 aliphatic carbocycles. The summed E-state index contributed by atoms with van der Waals surface area (Å²) in [4.78, 5) is 38.1. The van der Waals surface area contributed by atoms with Gasteiger partial charge in [-0.05, 0) is 57.8 Å². The third kappa shape index (κ3) is 68.0. The van der Waals surface area contributed by atoms with Gasteiger partial charge in [0.1, 0.15) is 13.2 Å². The van der Waals surface area contributed by atoms with E-state index in [1.807, 2.05) is 0 Å². The Balaban J connectivity index is 3.92. The molecule has 0 amide bonds. The van der Waals surface area contributed by atoms with Gasteiger partial charge in [-0.2, -0.15) is 0 Å². The minimum Gasteiger partial charge on any atom is -0.462 e. The molecule has 0 aliphatic heterocycles. The number of ether oxygens (including phenoxy) is 3. The average molecular weight is 1140 g/mol. The van der Waals surface area contributed by atoms with E-state index in [1.54, 1.807) is 0 Å². The van der Waals surface area contributed by atoms with Crippen LogP contribution in [0.5, 0.6) is 0 Å². The number of allylic oxidation sites excluding steroid dienone is 8. The molecule has 81 heavy (non-hydrogen) atoms. The summed E-state index contributed by atoms with van der Waals surface area (Å²) in [5.41, 5.74) is 0. The first-order chi connectivity index (χ1) is 40.0. The van der Waals surface area contributed by atoms with Gasteiger partial charge in [0.2, 0.25) is 0 Å². The lowest BCUT2D eigenvalue weighted by molar-refractivity contribution is -0.167. The summed E-state index contributed by atoms with van der Waals surface area (Å²) in [6.45, 7) is 6.53. The van der Waals surface area contributed by atoms with Crippen LogP contribution >= 0.6 is 0 Å². The molecule has 0 aromatic heterocycles. The van der Waals surface area contributed by atoms with E-state index >= 15 is 0 Å². The van der Waals surface area contributed by atoms with E-state index in [0.717, 1.165) is 83.5 Å².